The summed E-state index contributed by atoms with van der Waals surface area (Å²) in [6.45, 7) is 1.75. The zero-order valence-electron chi connectivity index (χ0n) is 11.4. The van der Waals surface area contributed by atoms with Crippen molar-refractivity contribution in [3.05, 3.63) is 63.6 Å². The van der Waals surface area contributed by atoms with Crippen molar-refractivity contribution in [3.8, 4) is 0 Å². The highest BCUT2D eigenvalue weighted by atomic mass is 35.5. The van der Waals surface area contributed by atoms with Gasteiger partial charge in [0.2, 0.25) is 0 Å². The van der Waals surface area contributed by atoms with Crippen LogP contribution in [0.3, 0.4) is 0 Å². The second-order valence-corrected chi connectivity index (χ2v) is 6.86. The molecule has 1 amide bonds. The number of aryl methyl sites for hydroxylation is 1. The van der Waals surface area contributed by atoms with E-state index in [-0.39, 0.29) is 14.9 Å². The van der Waals surface area contributed by atoms with Crippen LogP contribution < -0.4 is 10.3 Å². The summed E-state index contributed by atoms with van der Waals surface area (Å²) in [5, 5.41) is -0.00317. The number of sulfonamides is 1. The van der Waals surface area contributed by atoms with Crippen molar-refractivity contribution in [1.82, 2.24) is 10.3 Å². The van der Waals surface area contributed by atoms with Gasteiger partial charge in [-0.1, -0.05) is 47.5 Å². The molecule has 0 atom stereocenters. The third kappa shape index (κ3) is 3.59. The van der Waals surface area contributed by atoms with E-state index in [0.717, 1.165) is 5.56 Å². The number of amides is 1. The van der Waals surface area contributed by atoms with Crippen LogP contribution in [-0.4, -0.2) is 14.3 Å². The Bertz CT molecular complexity index is 823. The summed E-state index contributed by atoms with van der Waals surface area (Å²) in [6, 6.07) is 11.0. The van der Waals surface area contributed by atoms with Gasteiger partial charge >= 0.3 is 0 Å². The van der Waals surface area contributed by atoms with Gasteiger partial charge in [0, 0.05) is 5.56 Å². The minimum absolute atomic E-state index is 0.106. The lowest BCUT2D eigenvalue weighted by Crippen LogP contribution is -2.41. The van der Waals surface area contributed by atoms with E-state index in [1.54, 1.807) is 31.2 Å². The summed E-state index contributed by atoms with van der Waals surface area (Å²) in [7, 11) is -4.03. The van der Waals surface area contributed by atoms with Gasteiger partial charge < -0.3 is 0 Å². The maximum absolute atomic E-state index is 12.2. The number of hydrogen-bond donors (Lipinski definition) is 2. The molecule has 2 aromatic rings. The topological polar surface area (TPSA) is 75.3 Å². The van der Waals surface area contributed by atoms with Gasteiger partial charge in [0.1, 0.15) is 4.90 Å². The van der Waals surface area contributed by atoms with Crippen molar-refractivity contribution < 1.29 is 13.2 Å². The third-order valence-electron chi connectivity index (χ3n) is 2.89. The Hall–Kier alpha value is -1.60. The van der Waals surface area contributed by atoms with Crippen LogP contribution in [0, 0.1) is 6.92 Å². The summed E-state index contributed by atoms with van der Waals surface area (Å²) in [6.07, 6.45) is 0. The summed E-state index contributed by atoms with van der Waals surface area (Å²) < 4.78 is 24.3. The Labute approximate surface area is 138 Å². The molecule has 0 fully saturated rings. The highest BCUT2D eigenvalue weighted by Crippen LogP contribution is 2.28. The van der Waals surface area contributed by atoms with Crippen molar-refractivity contribution in [2.45, 2.75) is 11.8 Å². The number of hydrazine groups is 1. The lowest BCUT2D eigenvalue weighted by Gasteiger charge is -2.11. The predicted molar refractivity (Wildman–Crippen MR) is 85.4 cm³/mol. The fourth-order valence-electron chi connectivity index (χ4n) is 1.76. The van der Waals surface area contributed by atoms with Crippen molar-refractivity contribution in [2.24, 2.45) is 0 Å². The van der Waals surface area contributed by atoms with E-state index >= 15 is 0 Å². The summed E-state index contributed by atoms with van der Waals surface area (Å²) in [4.78, 5) is 13.8. The van der Waals surface area contributed by atoms with E-state index in [4.69, 9.17) is 23.2 Å². The lowest BCUT2D eigenvalue weighted by molar-refractivity contribution is 0.0944. The number of rotatable bonds is 4. The molecule has 2 N–H and O–H groups in total. The van der Waals surface area contributed by atoms with Crippen molar-refractivity contribution in [1.29, 1.82) is 0 Å². The number of hydrogen-bond acceptors (Lipinski definition) is 3. The van der Waals surface area contributed by atoms with E-state index in [0.29, 0.717) is 5.56 Å². The summed E-state index contributed by atoms with van der Waals surface area (Å²) in [5.41, 5.74) is 3.23. The zero-order valence-corrected chi connectivity index (χ0v) is 13.8. The Balaban J connectivity index is 2.19. The number of halogens is 2. The number of carbonyl (C=O) groups is 1. The third-order valence-corrected chi connectivity index (χ3v) is 5.12. The molecule has 0 bridgehead atoms. The van der Waals surface area contributed by atoms with Gasteiger partial charge in [-0.3, -0.25) is 10.2 Å². The van der Waals surface area contributed by atoms with Gasteiger partial charge in [-0.25, -0.2) is 8.42 Å². The second-order valence-electron chi connectivity index (χ2n) is 4.43. The van der Waals surface area contributed by atoms with Crippen LogP contribution in [-0.2, 0) is 10.0 Å². The zero-order chi connectivity index (χ0) is 16.3. The molecule has 2 rings (SSSR count). The number of carbonyl (C=O) groups excluding carboxylic acids is 1. The van der Waals surface area contributed by atoms with E-state index in [1.807, 2.05) is 4.83 Å². The minimum atomic E-state index is -4.03. The Morgan fingerprint density at radius 3 is 2.41 bits per heavy atom. The van der Waals surface area contributed by atoms with Crippen molar-refractivity contribution in [2.75, 3.05) is 0 Å². The molecule has 0 saturated heterocycles. The molecule has 22 heavy (non-hydrogen) atoms. The molecular formula is C14H12Cl2N2O3S. The molecule has 0 aromatic heterocycles. The summed E-state index contributed by atoms with van der Waals surface area (Å²) in [5.74, 6) is -0.570. The van der Waals surface area contributed by atoms with Gasteiger partial charge in [-0.05, 0) is 30.7 Å². The summed E-state index contributed by atoms with van der Waals surface area (Å²) >= 11 is 11.7. The fourth-order valence-corrected chi connectivity index (χ4v) is 3.36. The van der Waals surface area contributed by atoms with E-state index in [9.17, 15) is 13.2 Å². The molecular weight excluding hydrogens is 347 g/mol. The Kier molecular flexibility index (Phi) is 5.08. The molecule has 0 radical (unpaired) electrons. The molecule has 0 unspecified atom stereocenters. The number of benzene rings is 2. The molecule has 0 aliphatic rings. The second kappa shape index (κ2) is 6.66. The molecule has 0 saturated carbocycles. The van der Waals surface area contributed by atoms with Crippen LogP contribution >= 0.6 is 23.2 Å². The van der Waals surface area contributed by atoms with Crippen LogP contribution in [0.5, 0.6) is 0 Å². The highest BCUT2D eigenvalue weighted by molar-refractivity contribution is 7.89. The SMILES string of the molecule is Cc1ccccc1C(=O)NNS(=O)(=O)c1cccc(Cl)c1Cl. The van der Waals surface area contributed by atoms with Crippen LogP contribution in [0.15, 0.2) is 47.4 Å². The number of nitrogens with one attached hydrogen (secondary N) is 2. The van der Waals surface area contributed by atoms with Gasteiger partial charge in [0.25, 0.3) is 15.9 Å². The Morgan fingerprint density at radius 2 is 1.73 bits per heavy atom. The fraction of sp³-hybridized carbons (Fsp3) is 0.0714. The van der Waals surface area contributed by atoms with Crippen LogP contribution in [0.25, 0.3) is 0 Å². The van der Waals surface area contributed by atoms with Crippen molar-refractivity contribution >= 4 is 39.1 Å². The van der Waals surface area contributed by atoms with Crippen LogP contribution in [0.4, 0.5) is 0 Å². The normalized spacial score (nSPS) is 11.2. The van der Waals surface area contributed by atoms with E-state index in [1.165, 1.54) is 18.2 Å². The largest absolute Gasteiger partial charge is 0.273 e. The quantitative estimate of drug-likeness (QED) is 0.825. The maximum atomic E-state index is 12.2. The first kappa shape index (κ1) is 16.8. The van der Waals surface area contributed by atoms with Crippen LogP contribution in [0.1, 0.15) is 15.9 Å². The first-order valence-electron chi connectivity index (χ1n) is 6.15. The smallest absolute Gasteiger partial charge is 0.266 e. The van der Waals surface area contributed by atoms with Gasteiger partial charge in [0.15, 0.2) is 0 Å². The maximum Gasteiger partial charge on any atom is 0.266 e. The molecule has 0 aliphatic carbocycles. The minimum Gasteiger partial charge on any atom is -0.273 e. The van der Waals surface area contributed by atoms with Gasteiger partial charge in [-0.2, -0.15) is 0 Å². The average Bonchev–Trinajstić information content (AvgIpc) is 2.48. The molecule has 0 spiro atoms. The molecule has 5 nitrogen and oxygen atoms in total. The molecule has 8 heteroatoms. The van der Waals surface area contributed by atoms with E-state index < -0.39 is 15.9 Å². The predicted octanol–water partition coefficient (Wildman–Crippen LogP) is 2.93. The Morgan fingerprint density at radius 1 is 1.05 bits per heavy atom. The molecule has 0 aliphatic heterocycles. The van der Waals surface area contributed by atoms with E-state index in [2.05, 4.69) is 5.43 Å². The average molecular weight is 359 g/mol. The van der Waals surface area contributed by atoms with Gasteiger partial charge in [0.05, 0.1) is 10.0 Å². The first-order valence-corrected chi connectivity index (χ1v) is 8.38. The van der Waals surface area contributed by atoms with Crippen molar-refractivity contribution in [3.63, 3.8) is 0 Å². The standard InChI is InChI=1S/C14H12Cl2N2O3S/c1-9-5-2-3-6-10(9)14(19)17-18-22(20,21)12-8-4-7-11(15)13(12)16/h2-8,18H,1H3,(H,17,19). The lowest BCUT2D eigenvalue weighted by atomic mass is 10.1. The van der Waals surface area contributed by atoms with Gasteiger partial charge in [-0.15, -0.1) is 4.83 Å². The van der Waals surface area contributed by atoms with Crippen LogP contribution in [0.2, 0.25) is 10.0 Å². The first-order chi connectivity index (χ1) is 10.3. The molecule has 0 heterocycles. The molecule has 2 aromatic carbocycles. The highest BCUT2D eigenvalue weighted by Gasteiger charge is 2.20. The molecule has 116 valence electrons. The monoisotopic (exact) mass is 358 g/mol.